The number of nitrogens with one attached hydrogen (secondary N) is 2. The van der Waals surface area contributed by atoms with Crippen molar-refractivity contribution in [2.75, 3.05) is 57.9 Å². The zero-order chi connectivity index (χ0) is 20.3. The molecule has 2 aliphatic rings. The Labute approximate surface area is 173 Å². The molecule has 0 radical (unpaired) electrons. The van der Waals surface area contributed by atoms with Crippen LogP contribution in [0.25, 0.3) is 0 Å². The van der Waals surface area contributed by atoms with Crippen LogP contribution in [-0.4, -0.2) is 86.2 Å². The molecule has 2 N–H and O–H groups in total. The smallest absolute Gasteiger partial charge is 0.169 e. The molecule has 8 nitrogen and oxygen atoms in total. The normalized spacial score (nSPS) is 22.3. The summed E-state index contributed by atoms with van der Waals surface area (Å²) >= 11 is 5.55. The van der Waals surface area contributed by atoms with Crippen molar-refractivity contribution in [2.45, 2.75) is 32.9 Å². The molecule has 0 amide bonds. The molecule has 28 heavy (non-hydrogen) atoms. The fourth-order valence-electron chi connectivity index (χ4n) is 3.95. The summed E-state index contributed by atoms with van der Waals surface area (Å²) in [4.78, 5) is 3.57. The molecule has 0 spiro atoms. The van der Waals surface area contributed by atoms with Crippen LogP contribution >= 0.6 is 12.2 Å². The minimum Gasteiger partial charge on any atom is -0.370 e. The third-order valence-corrected chi connectivity index (χ3v) is 7.93. The van der Waals surface area contributed by atoms with Gasteiger partial charge in [0.25, 0.3) is 0 Å². The SMILES string of the molecule is Cc1nn([C@@H]2CCS(=O)(=O)C2)c(C)c1CN(C)C(=S)NCC[NH+]1CCOCC1. The molecule has 3 heterocycles. The Morgan fingerprint density at radius 2 is 2.11 bits per heavy atom. The van der Waals surface area contributed by atoms with E-state index in [2.05, 4.69) is 10.4 Å². The van der Waals surface area contributed by atoms with Crippen molar-refractivity contribution in [3.8, 4) is 0 Å². The molecule has 0 saturated carbocycles. The lowest BCUT2D eigenvalue weighted by atomic mass is 10.2. The number of aryl methyl sites for hydroxylation is 1. The summed E-state index contributed by atoms with van der Waals surface area (Å²) in [5.41, 5.74) is 3.09. The number of quaternary nitrogens is 1. The maximum absolute atomic E-state index is 11.8. The highest BCUT2D eigenvalue weighted by Crippen LogP contribution is 2.27. The van der Waals surface area contributed by atoms with Crippen LogP contribution in [0.3, 0.4) is 0 Å². The largest absolute Gasteiger partial charge is 0.370 e. The average molecular weight is 431 g/mol. The second-order valence-corrected chi connectivity index (χ2v) is 10.5. The number of aromatic nitrogens is 2. The number of rotatable bonds is 6. The van der Waals surface area contributed by atoms with Crippen LogP contribution in [0.4, 0.5) is 0 Å². The number of morpholine rings is 1. The summed E-state index contributed by atoms with van der Waals surface area (Å²) in [7, 11) is -0.953. The van der Waals surface area contributed by atoms with E-state index in [1.165, 1.54) is 0 Å². The van der Waals surface area contributed by atoms with E-state index in [1.807, 2.05) is 30.5 Å². The fourth-order valence-corrected chi connectivity index (χ4v) is 5.81. The highest BCUT2D eigenvalue weighted by molar-refractivity contribution is 7.91. The van der Waals surface area contributed by atoms with Crippen LogP contribution in [0.2, 0.25) is 0 Å². The van der Waals surface area contributed by atoms with Gasteiger partial charge < -0.3 is 19.9 Å². The van der Waals surface area contributed by atoms with Crippen LogP contribution in [0.15, 0.2) is 0 Å². The van der Waals surface area contributed by atoms with E-state index < -0.39 is 9.84 Å². The van der Waals surface area contributed by atoms with E-state index in [0.717, 1.165) is 61.5 Å². The van der Waals surface area contributed by atoms with Crippen molar-refractivity contribution in [3.63, 3.8) is 0 Å². The van der Waals surface area contributed by atoms with E-state index in [0.29, 0.717) is 13.0 Å². The molecule has 0 unspecified atom stereocenters. The maximum atomic E-state index is 11.8. The molecule has 0 aliphatic carbocycles. The second-order valence-electron chi connectivity index (χ2n) is 7.85. The minimum atomic E-state index is -2.93. The zero-order valence-electron chi connectivity index (χ0n) is 17.0. The van der Waals surface area contributed by atoms with Crippen molar-refractivity contribution in [1.82, 2.24) is 20.0 Å². The molecule has 3 rings (SSSR count). The summed E-state index contributed by atoms with van der Waals surface area (Å²) in [6.45, 7) is 10.3. The molecule has 10 heteroatoms. The Kier molecular flexibility index (Phi) is 6.95. The lowest BCUT2D eigenvalue weighted by molar-refractivity contribution is -0.906. The number of hydrogen-bond acceptors (Lipinski definition) is 5. The Morgan fingerprint density at radius 3 is 2.75 bits per heavy atom. The van der Waals surface area contributed by atoms with Gasteiger partial charge in [0.1, 0.15) is 13.1 Å². The quantitative estimate of drug-likeness (QED) is 0.565. The summed E-state index contributed by atoms with van der Waals surface area (Å²) in [5, 5.41) is 8.72. The monoisotopic (exact) mass is 430 g/mol. The first-order valence-electron chi connectivity index (χ1n) is 9.92. The lowest BCUT2D eigenvalue weighted by Crippen LogP contribution is -3.14. The molecule has 1 atom stereocenters. The summed E-state index contributed by atoms with van der Waals surface area (Å²) in [6, 6.07) is -0.0515. The van der Waals surface area contributed by atoms with Crippen LogP contribution in [0, 0.1) is 13.8 Å². The van der Waals surface area contributed by atoms with Gasteiger partial charge in [-0.15, -0.1) is 0 Å². The van der Waals surface area contributed by atoms with Crippen LogP contribution in [0.1, 0.15) is 29.4 Å². The van der Waals surface area contributed by atoms with Gasteiger partial charge in [-0.3, -0.25) is 4.68 Å². The van der Waals surface area contributed by atoms with Gasteiger partial charge in [0.2, 0.25) is 0 Å². The maximum Gasteiger partial charge on any atom is 0.169 e. The Bertz CT molecular complexity index is 802. The van der Waals surface area contributed by atoms with Gasteiger partial charge in [0.05, 0.1) is 49.5 Å². The highest BCUT2D eigenvalue weighted by atomic mass is 32.2. The molecule has 1 aromatic heterocycles. The van der Waals surface area contributed by atoms with Crippen LogP contribution in [0.5, 0.6) is 0 Å². The van der Waals surface area contributed by atoms with Crippen LogP contribution < -0.4 is 10.2 Å². The molecule has 2 fully saturated rings. The van der Waals surface area contributed by atoms with Gasteiger partial charge in [0, 0.05) is 24.8 Å². The summed E-state index contributed by atoms with van der Waals surface area (Å²) in [6.07, 6.45) is 0.642. The Balaban J connectivity index is 1.54. The van der Waals surface area contributed by atoms with Crippen molar-refractivity contribution in [2.24, 2.45) is 0 Å². The molecule has 1 aromatic rings. The van der Waals surface area contributed by atoms with Gasteiger partial charge in [-0.25, -0.2) is 8.42 Å². The van der Waals surface area contributed by atoms with E-state index in [1.54, 1.807) is 4.90 Å². The molecule has 2 aliphatic heterocycles. The first kappa shape index (κ1) is 21.5. The van der Waals surface area contributed by atoms with Gasteiger partial charge in [-0.2, -0.15) is 5.10 Å². The molecular weight excluding hydrogens is 398 g/mol. The average Bonchev–Trinajstić information content (AvgIpc) is 3.15. The van der Waals surface area contributed by atoms with Gasteiger partial charge in [-0.05, 0) is 32.5 Å². The standard InChI is InChI=1S/C18H31N5O3S2/c1-14-17(15(2)23(20-14)16-4-11-28(24,25)13-16)12-21(3)18(27)19-5-6-22-7-9-26-10-8-22/h16H,4-13H2,1-3H3,(H,19,27)/p+1/t16-/m1/s1. The Morgan fingerprint density at radius 1 is 1.39 bits per heavy atom. The van der Waals surface area contributed by atoms with Crippen molar-refractivity contribution in [1.29, 1.82) is 0 Å². The Hall–Kier alpha value is -1.23. The third kappa shape index (κ3) is 5.22. The molecule has 2 saturated heterocycles. The third-order valence-electron chi connectivity index (χ3n) is 5.73. The van der Waals surface area contributed by atoms with E-state index >= 15 is 0 Å². The zero-order valence-corrected chi connectivity index (χ0v) is 18.7. The molecular formula is C18H32N5O3S2+. The van der Waals surface area contributed by atoms with E-state index in [4.69, 9.17) is 17.0 Å². The molecule has 158 valence electrons. The molecule has 0 bridgehead atoms. The van der Waals surface area contributed by atoms with Crippen molar-refractivity contribution < 1.29 is 18.1 Å². The first-order chi connectivity index (χ1) is 13.3. The van der Waals surface area contributed by atoms with Gasteiger partial charge >= 0.3 is 0 Å². The van der Waals surface area contributed by atoms with E-state index in [9.17, 15) is 8.42 Å². The topological polar surface area (TPSA) is 80.9 Å². The number of hydrogen-bond donors (Lipinski definition) is 2. The second kappa shape index (κ2) is 9.06. The van der Waals surface area contributed by atoms with Gasteiger partial charge in [0.15, 0.2) is 14.9 Å². The van der Waals surface area contributed by atoms with Crippen LogP contribution in [-0.2, 0) is 21.1 Å². The highest BCUT2D eigenvalue weighted by Gasteiger charge is 2.31. The minimum absolute atomic E-state index is 0.0515. The molecule has 0 aromatic carbocycles. The number of sulfone groups is 1. The summed E-state index contributed by atoms with van der Waals surface area (Å²) in [5.74, 6) is 0.443. The number of ether oxygens (including phenoxy) is 1. The number of nitrogens with zero attached hydrogens (tertiary/aromatic N) is 3. The first-order valence-corrected chi connectivity index (χ1v) is 12.1. The fraction of sp³-hybridized carbons (Fsp3) is 0.778. The predicted molar refractivity (Wildman–Crippen MR) is 112 cm³/mol. The summed E-state index contributed by atoms with van der Waals surface area (Å²) < 4.78 is 30.9. The van der Waals surface area contributed by atoms with Crippen molar-refractivity contribution >= 4 is 27.2 Å². The number of thiocarbonyl (C=S) groups is 1. The van der Waals surface area contributed by atoms with Gasteiger partial charge in [-0.1, -0.05) is 0 Å². The van der Waals surface area contributed by atoms with E-state index in [-0.39, 0.29) is 17.5 Å². The van der Waals surface area contributed by atoms with Crippen molar-refractivity contribution in [3.05, 3.63) is 17.0 Å². The lowest BCUT2D eigenvalue weighted by Gasteiger charge is -2.25. The predicted octanol–water partition coefficient (Wildman–Crippen LogP) is -0.919.